The molecule has 2 unspecified atom stereocenters. The van der Waals surface area contributed by atoms with E-state index in [2.05, 4.69) is 48.2 Å². The average Bonchev–Trinajstić information content (AvgIpc) is 2.96. The highest BCUT2D eigenvalue weighted by molar-refractivity contribution is 5.67. The van der Waals surface area contributed by atoms with Gasteiger partial charge in [0.2, 0.25) is 0 Å². The molecule has 2 aliphatic heterocycles. The molecule has 2 aromatic carbocycles. The first kappa shape index (κ1) is 28.3. The van der Waals surface area contributed by atoms with Gasteiger partial charge in [0.05, 0.1) is 26.4 Å². The Morgan fingerprint density at radius 2 is 1.03 bits per heavy atom. The van der Waals surface area contributed by atoms with E-state index in [4.69, 9.17) is 41.3 Å². The minimum atomic E-state index is -0.153. The van der Waals surface area contributed by atoms with Crippen LogP contribution in [-0.4, -0.2) is 39.0 Å². The number of hydrogen-bond donors (Lipinski definition) is 0. The highest BCUT2D eigenvalue weighted by atomic mass is 16.7. The normalized spacial score (nSPS) is 19.5. The van der Waals surface area contributed by atoms with E-state index in [0.717, 1.165) is 85.1 Å². The zero-order valence-corrected chi connectivity index (χ0v) is 22.1. The first-order chi connectivity index (χ1) is 18.7. The lowest BCUT2D eigenvalue weighted by Gasteiger charge is -2.24. The van der Waals surface area contributed by atoms with Crippen molar-refractivity contribution in [2.45, 2.75) is 77.5 Å². The number of benzene rings is 2. The fraction of sp³-hybridized carbons (Fsp3) is 0.500. The van der Waals surface area contributed by atoms with Crippen molar-refractivity contribution in [1.29, 1.82) is 0 Å². The van der Waals surface area contributed by atoms with Gasteiger partial charge in [0.25, 0.3) is 0 Å². The lowest BCUT2D eigenvalue weighted by molar-refractivity contribution is -0.169. The summed E-state index contributed by atoms with van der Waals surface area (Å²) in [5.74, 6) is 5.04. The van der Waals surface area contributed by atoms with E-state index in [-0.39, 0.29) is 25.8 Å². The van der Waals surface area contributed by atoms with E-state index in [0.29, 0.717) is 26.4 Å². The largest absolute Gasteiger partial charge is 0.364 e. The topological polar surface area (TPSA) is 55.4 Å². The Balaban J connectivity index is 1.58. The molecule has 2 aliphatic rings. The highest BCUT2D eigenvalue weighted by Crippen LogP contribution is 2.28. The summed E-state index contributed by atoms with van der Waals surface area (Å²) < 4.78 is 35.0. The van der Waals surface area contributed by atoms with Crippen LogP contribution in [0.15, 0.2) is 36.4 Å². The zero-order chi connectivity index (χ0) is 26.4. The predicted molar refractivity (Wildman–Crippen MR) is 146 cm³/mol. The summed E-state index contributed by atoms with van der Waals surface area (Å²) in [5.41, 5.74) is 6.29. The van der Waals surface area contributed by atoms with Crippen LogP contribution in [0.1, 0.15) is 60.8 Å². The van der Waals surface area contributed by atoms with E-state index in [9.17, 15) is 0 Å². The maximum absolute atomic E-state index is 6.12. The van der Waals surface area contributed by atoms with Crippen LogP contribution in [0, 0.1) is 24.7 Å². The summed E-state index contributed by atoms with van der Waals surface area (Å²) in [7, 11) is 0. The second kappa shape index (κ2) is 15.7. The molecule has 2 saturated heterocycles. The fourth-order valence-electron chi connectivity index (χ4n) is 4.71. The van der Waals surface area contributed by atoms with Crippen molar-refractivity contribution >= 4 is 0 Å². The molecule has 6 heteroatoms. The summed E-state index contributed by atoms with van der Waals surface area (Å²) in [6, 6.07) is 12.8. The summed E-state index contributed by atoms with van der Waals surface area (Å²) in [6.07, 6.45) is 16.7. The van der Waals surface area contributed by atoms with Crippen molar-refractivity contribution in [3.8, 4) is 35.8 Å². The van der Waals surface area contributed by atoms with Gasteiger partial charge in [-0.2, -0.15) is 0 Å². The van der Waals surface area contributed by atoms with Gasteiger partial charge < -0.3 is 28.4 Å². The molecule has 6 nitrogen and oxygen atoms in total. The first-order valence-electron chi connectivity index (χ1n) is 13.5. The summed E-state index contributed by atoms with van der Waals surface area (Å²) in [4.78, 5) is 0. The van der Waals surface area contributed by atoms with Gasteiger partial charge in [0.15, 0.2) is 12.6 Å². The van der Waals surface area contributed by atoms with E-state index in [1.165, 1.54) is 0 Å². The van der Waals surface area contributed by atoms with Crippen LogP contribution in [0.25, 0.3) is 11.1 Å². The van der Waals surface area contributed by atoms with Crippen LogP contribution in [0.5, 0.6) is 0 Å². The lowest BCUT2D eigenvalue weighted by atomic mass is 9.96. The van der Waals surface area contributed by atoms with Crippen LogP contribution in [0.4, 0.5) is 0 Å². The van der Waals surface area contributed by atoms with Crippen molar-refractivity contribution in [2.24, 2.45) is 0 Å². The molecule has 0 bridgehead atoms. The number of hydrogen-bond acceptors (Lipinski definition) is 6. The molecule has 0 aliphatic carbocycles. The van der Waals surface area contributed by atoms with Gasteiger partial charge in [0.1, 0.15) is 13.2 Å². The van der Waals surface area contributed by atoms with Crippen molar-refractivity contribution in [2.75, 3.05) is 26.4 Å². The molecule has 0 spiro atoms. The average molecular weight is 519 g/mol. The van der Waals surface area contributed by atoms with E-state index in [1.54, 1.807) is 0 Å². The van der Waals surface area contributed by atoms with Gasteiger partial charge in [-0.25, -0.2) is 0 Å². The SMILES string of the molecule is C#CCOCc1cc(COCC#C)cc(-c2cc(COC3CCCCO3)cc(COC3CCCCO3)c2)c1. The minimum Gasteiger partial charge on any atom is -0.364 e. The summed E-state index contributed by atoms with van der Waals surface area (Å²) >= 11 is 0. The Hall–Kier alpha value is -2.68. The molecular formula is C32H38O6. The Bertz CT molecular complexity index is 1010. The smallest absolute Gasteiger partial charge is 0.158 e. The Kier molecular flexibility index (Phi) is 11.7. The van der Waals surface area contributed by atoms with Gasteiger partial charge in [-0.3, -0.25) is 0 Å². The van der Waals surface area contributed by atoms with Crippen LogP contribution >= 0.6 is 0 Å². The molecule has 2 fully saturated rings. The molecular weight excluding hydrogens is 480 g/mol. The molecule has 202 valence electrons. The maximum atomic E-state index is 6.12. The standard InChI is InChI=1S/C32H38O6/c1-3-11-33-21-25-15-26(22-34-12-4-2)18-29(17-25)30-19-27(23-37-31-9-5-7-13-35-31)16-28(20-30)24-38-32-10-6-8-14-36-32/h1-2,15-20,31-32H,5-14,21-24H2. The Morgan fingerprint density at radius 3 is 1.39 bits per heavy atom. The third-order valence-corrected chi connectivity index (χ3v) is 6.49. The molecule has 2 atom stereocenters. The second-order valence-corrected chi connectivity index (χ2v) is 9.68. The van der Waals surface area contributed by atoms with Crippen LogP contribution in [0.3, 0.4) is 0 Å². The maximum Gasteiger partial charge on any atom is 0.158 e. The lowest BCUT2D eigenvalue weighted by Crippen LogP contribution is -2.22. The van der Waals surface area contributed by atoms with Crippen LogP contribution in [0.2, 0.25) is 0 Å². The van der Waals surface area contributed by atoms with E-state index < -0.39 is 0 Å². The van der Waals surface area contributed by atoms with Crippen molar-refractivity contribution in [3.63, 3.8) is 0 Å². The third-order valence-electron chi connectivity index (χ3n) is 6.49. The third kappa shape index (κ3) is 9.26. The molecule has 0 amide bonds. The van der Waals surface area contributed by atoms with Crippen LogP contribution in [-0.2, 0) is 54.8 Å². The van der Waals surface area contributed by atoms with E-state index >= 15 is 0 Å². The zero-order valence-electron chi connectivity index (χ0n) is 22.1. The number of ether oxygens (including phenoxy) is 6. The Labute approximate surface area is 226 Å². The summed E-state index contributed by atoms with van der Waals surface area (Å²) in [5, 5.41) is 0. The molecule has 2 heterocycles. The van der Waals surface area contributed by atoms with Crippen LogP contribution < -0.4 is 0 Å². The van der Waals surface area contributed by atoms with E-state index in [1.807, 2.05) is 0 Å². The van der Waals surface area contributed by atoms with Gasteiger partial charge in [-0.15, -0.1) is 12.8 Å². The van der Waals surface area contributed by atoms with Gasteiger partial charge >= 0.3 is 0 Å². The molecule has 4 rings (SSSR count). The van der Waals surface area contributed by atoms with Crippen molar-refractivity contribution in [1.82, 2.24) is 0 Å². The van der Waals surface area contributed by atoms with Gasteiger partial charge in [0, 0.05) is 13.2 Å². The molecule has 0 radical (unpaired) electrons. The molecule has 0 aromatic heterocycles. The van der Waals surface area contributed by atoms with Crippen molar-refractivity contribution in [3.05, 3.63) is 58.7 Å². The minimum absolute atomic E-state index is 0.153. The van der Waals surface area contributed by atoms with Crippen molar-refractivity contribution < 1.29 is 28.4 Å². The first-order valence-corrected chi connectivity index (χ1v) is 13.5. The second-order valence-electron chi connectivity index (χ2n) is 9.68. The van der Waals surface area contributed by atoms with Gasteiger partial charge in [-0.05, 0) is 96.2 Å². The molecule has 2 aromatic rings. The highest BCUT2D eigenvalue weighted by Gasteiger charge is 2.17. The number of rotatable bonds is 13. The number of terminal acetylenes is 2. The fourth-order valence-corrected chi connectivity index (χ4v) is 4.71. The summed E-state index contributed by atoms with van der Waals surface area (Å²) in [6.45, 7) is 3.79. The van der Waals surface area contributed by atoms with Gasteiger partial charge in [-0.1, -0.05) is 24.0 Å². The molecule has 38 heavy (non-hydrogen) atoms. The molecule has 0 saturated carbocycles. The quantitative estimate of drug-likeness (QED) is 0.249. The Morgan fingerprint density at radius 1 is 0.605 bits per heavy atom. The monoisotopic (exact) mass is 518 g/mol. The predicted octanol–water partition coefficient (Wildman–Crippen LogP) is 5.74. The molecule has 0 N–H and O–H groups in total.